The van der Waals surface area contributed by atoms with E-state index >= 15 is 0 Å². The van der Waals surface area contributed by atoms with Crippen LogP contribution in [0.4, 0.5) is 5.69 Å². The molecule has 1 aliphatic heterocycles. The summed E-state index contributed by atoms with van der Waals surface area (Å²) in [4.78, 5) is 22.9. The maximum Gasteiger partial charge on any atom is 0.314 e. The number of nitrogens with zero attached hydrogens (tertiary/aromatic N) is 2. The third-order valence-electron chi connectivity index (χ3n) is 4.12. The largest absolute Gasteiger partial charge is 0.481 e. The van der Waals surface area contributed by atoms with Crippen molar-refractivity contribution in [1.82, 2.24) is 5.01 Å². The number of carboxylic acids is 1. The van der Waals surface area contributed by atoms with Gasteiger partial charge in [-0.3, -0.25) is 19.6 Å². The molecule has 0 aromatic heterocycles. The van der Waals surface area contributed by atoms with Gasteiger partial charge in [0.05, 0.1) is 11.1 Å². The highest BCUT2D eigenvalue weighted by Gasteiger charge is 2.51. The molecule has 100 valence electrons. The van der Waals surface area contributed by atoms with Gasteiger partial charge in [-0.25, -0.2) is 0 Å². The molecule has 1 aromatic carbocycles. The molecule has 0 bridgehead atoms. The minimum atomic E-state index is -0.754. The third-order valence-corrected chi connectivity index (χ3v) is 4.12. The standard InChI is InChI=1S/C14H16N2O3/c1-15-12(17)5-8-16(15)11-4-2-3-10(9-11)14(6-7-14)13(18)19/h2-4,9H,5-8H2,1H3,(H,18,19). The van der Waals surface area contributed by atoms with Crippen LogP contribution in [0.1, 0.15) is 24.8 Å². The Labute approximate surface area is 111 Å². The van der Waals surface area contributed by atoms with Crippen LogP contribution >= 0.6 is 0 Å². The summed E-state index contributed by atoms with van der Waals surface area (Å²) in [6.07, 6.45) is 1.89. The van der Waals surface area contributed by atoms with Gasteiger partial charge in [0.15, 0.2) is 0 Å². The fraction of sp³-hybridized carbons (Fsp3) is 0.429. The van der Waals surface area contributed by atoms with E-state index in [1.54, 1.807) is 12.1 Å². The number of benzene rings is 1. The van der Waals surface area contributed by atoms with Crippen LogP contribution < -0.4 is 5.01 Å². The second kappa shape index (κ2) is 3.98. The van der Waals surface area contributed by atoms with Gasteiger partial charge in [0.2, 0.25) is 5.91 Å². The van der Waals surface area contributed by atoms with E-state index in [9.17, 15) is 14.7 Å². The third kappa shape index (κ3) is 1.77. The van der Waals surface area contributed by atoms with Gasteiger partial charge >= 0.3 is 5.97 Å². The fourth-order valence-electron chi connectivity index (χ4n) is 2.67. The lowest BCUT2D eigenvalue weighted by atomic mass is 9.96. The number of hydrogen-bond acceptors (Lipinski definition) is 3. The number of amides is 1. The fourth-order valence-corrected chi connectivity index (χ4v) is 2.67. The predicted molar refractivity (Wildman–Crippen MR) is 69.7 cm³/mol. The molecular weight excluding hydrogens is 244 g/mol. The Bertz CT molecular complexity index is 551. The summed E-state index contributed by atoms with van der Waals surface area (Å²) in [5, 5.41) is 12.8. The molecule has 0 radical (unpaired) electrons. The van der Waals surface area contributed by atoms with Gasteiger partial charge in [-0.2, -0.15) is 0 Å². The Hall–Kier alpha value is -2.04. The van der Waals surface area contributed by atoms with E-state index in [0.29, 0.717) is 25.8 Å². The molecule has 5 heteroatoms. The van der Waals surface area contributed by atoms with Crippen LogP contribution in [0, 0.1) is 0 Å². The maximum absolute atomic E-state index is 11.6. The molecule has 0 atom stereocenters. The molecule has 1 saturated carbocycles. The molecule has 1 aliphatic carbocycles. The summed E-state index contributed by atoms with van der Waals surface area (Å²) in [5.74, 6) is -0.666. The summed E-state index contributed by atoms with van der Waals surface area (Å²) < 4.78 is 0. The normalized spacial score (nSPS) is 20.8. The maximum atomic E-state index is 11.6. The van der Waals surface area contributed by atoms with Crippen LogP contribution in [-0.2, 0) is 15.0 Å². The van der Waals surface area contributed by atoms with Gasteiger partial charge in [-0.05, 0) is 30.5 Å². The Morgan fingerprint density at radius 1 is 1.37 bits per heavy atom. The second-order valence-electron chi connectivity index (χ2n) is 5.23. The van der Waals surface area contributed by atoms with Crippen molar-refractivity contribution in [3.05, 3.63) is 29.8 Å². The van der Waals surface area contributed by atoms with Crippen molar-refractivity contribution < 1.29 is 14.7 Å². The Balaban J connectivity index is 1.93. The molecule has 19 heavy (non-hydrogen) atoms. The van der Waals surface area contributed by atoms with Crippen molar-refractivity contribution in [2.24, 2.45) is 0 Å². The van der Waals surface area contributed by atoms with E-state index in [0.717, 1.165) is 11.3 Å². The number of rotatable bonds is 3. The van der Waals surface area contributed by atoms with Gasteiger partial charge in [-0.1, -0.05) is 12.1 Å². The van der Waals surface area contributed by atoms with E-state index in [1.165, 1.54) is 0 Å². The summed E-state index contributed by atoms with van der Waals surface area (Å²) in [6, 6.07) is 7.54. The molecule has 2 fully saturated rings. The van der Waals surface area contributed by atoms with Crippen LogP contribution in [0.5, 0.6) is 0 Å². The zero-order chi connectivity index (χ0) is 13.6. The molecule has 1 N–H and O–H groups in total. The summed E-state index contributed by atoms with van der Waals surface area (Å²) in [7, 11) is 1.74. The van der Waals surface area contributed by atoms with Gasteiger partial charge in [-0.15, -0.1) is 0 Å². The van der Waals surface area contributed by atoms with Crippen molar-refractivity contribution in [3.8, 4) is 0 Å². The molecule has 1 heterocycles. The molecule has 5 nitrogen and oxygen atoms in total. The van der Waals surface area contributed by atoms with Gasteiger partial charge in [0.25, 0.3) is 0 Å². The first kappa shape index (κ1) is 12.0. The zero-order valence-electron chi connectivity index (χ0n) is 10.8. The van der Waals surface area contributed by atoms with Gasteiger partial charge in [0.1, 0.15) is 0 Å². The lowest BCUT2D eigenvalue weighted by Gasteiger charge is -2.27. The van der Waals surface area contributed by atoms with E-state index < -0.39 is 11.4 Å². The van der Waals surface area contributed by atoms with Crippen molar-refractivity contribution >= 4 is 17.6 Å². The lowest BCUT2D eigenvalue weighted by molar-refractivity contribution is -0.140. The van der Waals surface area contributed by atoms with E-state index in [2.05, 4.69) is 0 Å². The number of hydrazine groups is 1. The van der Waals surface area contributed by atoms with Crippen LogP contribution in [0.15, 0.2) is 24.3 Å². The van der Waals surface area contributed by atoms with E-state index in [4.69, 9.17) is 0 Å². The Morgan fingerprint density at radius 3 is 2.63 bits per heavy atom. The number of carbonyl (C=O) groups is 2. The topological polar surface area (TPSA) is 60.9 Å². The molecule has 1 aromatic rings. The first-order valence-corrected chi connectivity index (χ1v) is 6.42. The molecule has 0 unspecified atom stereocenters. The van der Waals surface area contributed by atoms with Crippen molar-refractivity contribution in [2.75, 3.05) is 18.6 Å². The first-order chi connectivity index (χ1) is 9.04. The van der Waals surface area contributed by atoms with Gasteiger partial charge in [0, 0.05) is 20.0 Å². The highest BCUT2D eigenvalue weighted by Crippen LogP contribution is 2.49. The number of anilines is 1. The average molecular weight is 260 g/mol. The molecule has 1 saturated heterocycles. The number of carboxylic acid groups (broad SMARTS) is 1. The summed E-state index contributed by atoms with van der Waals surface area (Å²) >= 11 is 0. The summed E-state index contributed by atoms with van der Waals surface area (Å²) in [5.41, 5.74) is 1.03. The van der Waals surface area contributed by atoms with Crippen LogP contribution in [-0.4, -0.2) is 35.6 Å². The molecular formula is C14H16N2O3. The van der Waals surface area contributed by atoms with E-state index in [-0.39, 0.29) is 5.91 Å². The van der Waals surface area contributed by atoms with Gasteiger partial charge < -0.3 is 5.11 Å². The number of carbonyl (C=O) groups excluding carboxylic acids is 1. The minimum absolute atomic E-state index is 0.0878. The van der Waals surface area contributed by atoms with Crippen LogP contribution in [0.25, 0.3) is 0 Å². The summed E-state index contributed by atoms with van der Waals surface area (Å²) in [6.45, 7) is 0.652. The molecule has 1 amide bonds. The van der Waals surface area contributed by atoms with Crippen LogP contribution in [0.3, 0.4) is 0 Å². The first-order valence-electron chi connectivity index (χ1n) is 6.42. The highest BCUT2D eigenvalue weighted by atomic mass is 16.4. The SMILES string of the molecule is CN1C(=O)CCN1c1cccc(C2(C(=O)O)CC2)c1. The number of hydrogen-bond donors (Lipinski definition) is 1. The second-order valence-corrected chi connectivity index (χ2v) is 5.23. The average Bonchev–Trinajstić information content (AvgIpc) is 3.14. The van der Waals surface area contributed by atoms with Crippen molar-refractivity contribution in [1.29, 1.82) is 0 Å². The Kier molecular flexibility index (Phi) is 2.52. The zero-order valence-corrected chi connectivity index (χ0v) is 10.8. The molecule has 2 aliphatic rings. The smallest absolute Gasteiger partial charge is 0.314 e. The number of aliphatic carboxylic acids is 1. The monoisotopic (exact) mass is 260 g/mol. The highest BCUT2D eigenvalue weighted by molar-refractivity contribution is 5.86. The Morgan fingerprint density at radius 2 is 2.11 bits per heavy atom. The predicted octanol–water partition coefficient (Wildman–Crippen LogP) is 1.39. The van der Waals surface area contributed by atoms with Crippen LogP contribution in [0.2, 0.25) is 0 Å². The minimum Gasteiger partial charge on any atom is -0.481 e. The molecule has 3 rings (SSSR count). The van der Waals surface area contributed by atoms with Crippen molar-refractivity contribution in [3.63, 3.8) is 0 Å². The van der Waals surface area contributed by atoms with Crippen molar-refractivity contribution in [2.45, 2.75) is 24.7 Å². The van der Waals surface area contributed by atoms with E-state index in [1.807, 2.05) is 29.3 Å². The quantitative estimate of drug-likeness (QED) is 0.892. The lowest BCUT2D eigenvalue weighted by Crippen LogP contribution is -2.35. The molecule has 0 spiro atoms.